The van der Waals surface area contributed by atoms with Crippen LogP contribution in [-0.2, 0) is 10.0 Å². The highest BCUT2D eigenvalue weighted by molar-refractivity contribution is 14.0. The minimum atomic E-state index is -3.25. The average molecular weight is 530 g/mol. The van der Waals surface area contributed by atoms with Crippen LogP contribution in [0.3, 0.4) is 0 Å². The van der Waals surface area contributed by atoms with Crippen LogP contribution in [0, 0.1) is 0 Å². The van der Waals surface area contributed by atoms with Crippen LogP contribution in [0.25, 0.3) is 0 Å². The molecule has 0 bridgehead atoms. The minimum Gasteiger partial charge on any atom is -0.357 e. The lowest BCUT2D eigenvalue weighted by Crippen LogP contribution is -2.51. The third-order valence-corrected chi connectivity index (χ3v) is 6.32. The molecule has 0 unspecified atom stereocenters. The van der Waals surface area contributed by atoms with E-state index >= 15 is 0 Å². The number of guanidine groups is 1. The number of halogens is 1. The molecule has 2 aliphatic rings. The Bertz CT molecular complexity index is 583. The first-order chi connectivity index (χ1) is 12.7. The van der Waals surface area contributed by atoms with Crippen molar-refractivity contribution in [2.24, 2.45) is 4.99 Å². The molecule has 1 aliphatic heterocycles. The van der Waals surface area contributed by atoms with E-state index in [-0.39, 0.29) is 24.0 Å². The van der Waals surface area contributed by atoms with Crippen LogP contribution in [-0.4, -0.2) is 69.3 Å². The Labute approximate surface area is 189 Å². The zero-order valence-electron chi connectivity index (χ0n) is 18.0. The third-order valence-electron chi connectivity index (χ3n) is 5.40. The maximum atomic E-state index is 11.5. The lowest BCUT2D eigenvalue weighted by Gasteiger charge is -2.39. The first kappa shape index (κ1) is 25.9. The van der Waals surface area contributed by atoms with Gasteiger partial charge < -0.3 is 15.5 Å². The fourth-order valence-electron chi connectivity index (χ4n) is 4.18. The van der Waals surface area contributed by atoms with Gasteiger partial charge in [0.2, 0.25) is 10.0 Å². The van der Waals surface area contributed by atoms with Gasteiger partial charge in [0.15, 0.2) is 5.96 Å². The fourth-order valence-corrected chi connectivity index (χ4v) is 5.25. The molecule has 0 amide bonds. The lowest BCUT2D eigenvalue weighted by atomic mass is 9.92. The molecule has 166 valence electrons. The normalized spacial score (nSPS) is 21.2. The van der Waals surface area contributed by atoms with Crippen molar-refractivity contribution in [1.82, 2.24) is 20.3 Å². The van der Waals surface area contributed by atoms with E-state index in [9.17, 15) is 8.42 Å². The molecule has 0 atom stereocenters. The van der Waals surface area contributed by atoms with Crippen LogP contribution in [0.2, 0.25) is 0 Å². The molecule has 9 heteroatoms. The summed E-state index contributed by atoms with van der Waals surface area (Å²) in [6, 6.07) is 1.22. The number of hydrogen-bond donors (Lipinski definition) is 3. The molecule has 0 radical (unpaired) electrons. The highest BCUT2D eigenvalue weighted by Gasteiger charge is 2.27. The number of hydrogen-bond acceptors (Lipinski definition) is 4. The summed E-state index contributed by atoms with van der Waals surface area (Å²) in [6.45, 7) is 9.23. The Morgan fingerprint density at radius 1 is 1.11 bits per heavy atom. The van der Waals surface area contributed by atoms with Gasteiger partial charge in [0, 0.05) is 37.3 Å². The second kappa shape index (κ2) is 11.9. The summed E-state index contributed by atoms with van der Waals surface area (Å²) < 4.78 is 25.6. The SMILES string of the molecule is CCNC(=NCC(C)(C)NS(C)(=O)=O)NC1CCN(C2CCCCC2)CC1.I. The molecular formula is C19H40IN5O2S. The summed E-state index contributed by atoms with van der Waals surface area (Å²) in [5.41, 5.74) is -0.611. The van der Waals surface area contributed by atoms with Crippen LogP contribution in [0.15, 0.2) is 4.99 Å². The van der Waals surface area contributed by atoms with E-state index in [4.69, 9.17) is 0 Å². The number of piperidine rings is 1. The number of sulfonamides is 1. The van der Waals surface area contributed by atoms with Crippen LogP contribution in [0.4, 0.5) is 0 Å². The van der Waals surface area contributed by atoms with Gasteiger partial charge in [-0.2, -0.15) is 0 Å². The summed E-state index contributed by atoms with van der Waals surface area (Å²) in [4.78, 5) is 7.31. The van der Waals surface area contributed by atoms with Gasteiger partial charge in [0.05, 0.1) is 12.8 Å². The van der Waals surface area contributed by atoms with Gasteiger partial charge in [-0.25, -0.2) is 13.1 Å². The Balaban J connectivity index is 0.00000392. The number of aliphatic imine (C=N–C) groups is 1. The topological polar surface area (TPSA) is 85.8 Å². The van der Waals surface area contributed by atoms with Crippen LogP contribution >= 0.6 is 24.0 Å². The highest BCUT2D eigenvalue weighted by atomic mass is 127. The number of likely N-dealkylation sites (tertiary alicyclic amines) is 1. The van der Waals surface area contributed by atoms with Gasteiger partial charge in [-0.05, 0) is 46.5 Å². The minimum absolute atomic E-state index is 0. The Morgan fingerprint density at radius 3 is 2.25 bits per heavy atom. The van der Waals surface area contributed by atoms with E-state index in [2.05, 4.69) is 25.2 Å². The first-order valence-corrected chi connectivity index (χ1v) is 12.4. The van der Waals surface area contributed by atoms with Crippen molar-refractivity contribution < 1.29 is 8.42 Å². The van der Waals surface area contributed by atoms with E-state index in [1.165, 1.54) is 38.4 Å². The lowest BCUT2D eigenvalue weighted by molar-refractivity contribution is 0.119. The zero-order chi connectivity index (χ0) is 19.9. The Morgan fingerprint density at radius 2 is 1.71 bits per heavy atom. The van der Waals surface area contributed by atoms with Gasteiger partial charge >= 0.3 is 0 Å². The maximum absolute atomic E-state index is 11.5. The number of nitrogens with zero attached hydrogens (tertiary/aromatic N) is 2. The predicted octanol–water partition coefficient (Wildman–Crippen LogP) is 2.28. The Hall–Kier alpha value is -0.130. The molecular weight excluding hydrogens is 489 g/mol. The molecule has 28 heavy (non-hydrogen) atoms. The second-order valence-electron chi connectivity index (χ2n) is 8.70. The zero-order valence-corrected chi connectivity index (χ0v) is 21.1. The number of rotatable bonds is 7. The van der Waals surface area contributed by atoms with Crippen LogP contribution in [0.1, 0.15) is 65.7 Å². The monoisotopic (exact) mass is 529 g/mol. The summed E-state index contributed by atoms with van der Waals surface area (Å²) in [5, 5.41) is 6.84. The van der Waals surface area contributed by atoms with Crippen molar-refractivity contribution in [1.29, 1.82) is 0 Å². The van der Waals surface area contributed by atoms with E-state index in [1.807, 2.05) is 20.8 Å². The number of nitrogens with one attached hydrogen (secondary N) is 3. The van der Waals surface area contributed by atoms with Gasteiger partial charge in [0.1, 0.15) is 0 Å². The van der Waals surface area contributed by atoms with Gasteiger partial charge in [-0.1, -0.05) is 19.3 Å². The van der Waals surface area contributed by atoms with Crippen molar-refractivity contribution in [2.45, 2.75) is 83.3 Å². The summed E-state index contributed by atoms with van der Waals surface area (Å²) in [5.74, 6) is 0.775. The molecule has 0 aromatic carbocycles. The summed E-state index contributed by atoms with van der Waals surface area (Å²) in [7, 11) is -3.25. The highest BCUT2D eigenvalue weighted by Crippen LogP contribution is 2.25. The van der Waals surface area contributed by atoms with Crippen molar-refractivity contribution in [3.63, 3.8) is 0 Å². The standard InChI is InChI=1S/C19H39N5O2S.HI/c1-5-20-18(21-15-19(2,3)23-27(4,25)26)22-16-11-13-24(14-12-16)17-9-7-6-8-10-17;/h16-17,23H,5-15H2,1-4H3,(H2,20,21,22);1H. The van der Waals surface area contributed by atoms with Crippen molar-refractivity contribution in [3.8, 4) is 0 Å². The van der Waals surface area contributed by atoms with Gasteiger partial charge in [-0.3, -0.25) is 4.99 Å². The first-order valence-electron chi connectivity index (χ1n) is 10.5. The van der Waals surface area contributed by atoms with E-state index in [1.54, 1.807) is 0 Å². The van der Waals surface area contributed by atoms with Crippen LogP contribution < -0.4 is 15.4 Å². The smallest absolute Gasteiger partial charge is 0.209 e. The molecule has 0 aromatic rings. The average Bonchev–Trinajstić information content (AvgIpc) is 2.59. The Kier molecular flexibility index (Phi) is 11.0. The molecule has 1 saturated heterocycles. The summed E-state index contributed by atoms with van der Waals surface area (Å²) >= 11 is 0. The molecule has 2 fully saturated rings. The van der Waals surface area contributed by atoms with E-state index in [0.29, 0.717) is 12.6 Å². The molecule has 1 heterocycles. The maximum Gasteiger partial charge on any atom is 0.209 e. The second-order valence-corrected chi connectivity index (χ2v) is 10.4. The van der Waals surface area contributed by atoms with E-state index < -0.39 is 15.6 Å². The van der Waals surface area contributed by atoms with Gasteiger partial charge in [0.25, 0.3) is 0 Å². The largest absolute Gasteiger partial charge is 0.357 e. The van der Waals surface area contributed by atoms with Crippen molar-refractivity contribution in [2.75, 3.05) is 32.4 Å². The molecule has 3 N–H and O–H groups in total. The molecule has 0 aromatic heterocycles. The van der Waals surface area contributed by atoms with Crippen molar-refractivity contribution in [3.05, 3.63) is 0 Å². The molecule has 7 nitrogen and oxygen atoms in total. The fraction of sp³-hybridized carbons (Fsp3) is 0.947. The molecule has 1 saturated carbocycles. The van der Waals surface area contributed by atoms with Crippen molar-refractivity contribution >= 4 is 40.0 Å². The van der Waals surface area contributed by atoms with Gasteiger partial charge in [-0.15, -0.1) is 24.0 Å². The third kappa shape index (κ3) is 9.58. The molecule has 2 rings (SSSR count). The summed E-state index contributed by atoms with van der Waals surface area (Å²) in [6.07, 6.45) is 10.4. The van der Waals surface area contributed by atoms with E-state index in [0.717, 1.165) is 44.5 Å². The predicted molar refractivity (Wildman–Crippen MR) is 128 cm³/mol. The quantitative estimate of drug-likeness (QED) is 0.268. The molecule has 1 aliphatic carbocycles. The molecule has 0 spiro atoms. The van der Waals surface area contributed by atoms with Crippen LogP contribution in [0.5, 0.6) is 0 Å².